The molecule has 2 aliphatic rings. The second kappa shape index (κ2) is 5.59. The number of nitrogens with one attached hydrogen (secondary N) is 1. The molecule has 2 heterocycles. The summed E-state index contributed by atoms with van der Waals surface area (Å²) < 4.78 is 11.5. The number of benzene rings is 1. The van der Waals surface area contributed by atoms with Crippen LogP contribution in [0.3, 0.4) is 0 Å². The predicted molar refractivity (Wildman–Crippen MR) is 71.7 cm³/mol. The van der Waals surface area contributed by atoms with Crippen molar-refractivity contribution in [1.82, 2.24) is 5.32 Å². The first kappa shape index (κ1) is 13.1. The molecule has 0 aromatic heterocycles. The summed E-state index contributed by atoms with van der Waals surface area (Å²) in [7, 11) is 0. The summed E-state index contributed by atoms with van der Waals surface area (Å²) in [5, 5.41) is 13.7. The average Bonchev–Trinajstić information content (AvgIpc) is 2.88. The first-order valence-electron chi connectivity index (χ1n) is 7.02. The number of hydrogen-bond acceptors (Lipinski definition) is 4. The van der Waals surface area contributed by atoms with Gasteiger partial charge in [0.25, 0.3) is 0 Å². The van der Waals surface area contributed by atoms with Crippen LogP contribution in [-0.4, -0.2) is 36.7 Å². The molecule has 2 atom stereocenters. The van der Waals surface area contributed by atoms with E-state index in [0.29, 0.717) is 19.6 Å². The zero-order valence-electron chi connectivity index (χ0n) is 11.0. The van der Waals surface area contributed by atoms with Gasteiger partial charge in [0, 0.05) is 25.4 Å². The van der Waals surface area contributed by atoms with E-state index in [-0.39, 0.29) is 6.04 Å². The van der Waals surface area contributed by atoms with Crippen molar-refractivity contribution >= 4 is 0 Å². The number of aliphatic hydroxyl groups is 1. The van der Waals surface area contributed by atoms with Crippen LogP contribution in [0.25, 0.3) is 0 Å². The molecule has 1 spiro atoms. The van der Waals surface area contributed by atoms with Gasteiger partial charge in [-0.05, 0) is 12.0 Å². The van der Waals surface area contributed by atoms with Crippen molar-refractivity contribution < 1.29 is 14.6 Å². The maximum Gasteiger partial charge on any atom is 0.171 e. The van der Waals surface area contributed by atoms with Gasteiger partial charge in [-0.25, -0.2) is 0 Å². The molecule has 2 fully saturated rings. The van der Waals surface area contributed by atoms with E-state index < -0.39 is 11.9 Å². The van der Waals surface area contributed by atoms with Crippen molar-refractivity contribution in [2.24, 2.45) is 0 Å². The summed E-state index contributed by atoms with van der Waals surface area (Å²) in [6.07, 6.45) is 1.97. The molecule has 1 aromatic carbocycles. The highest BCUT2D eigenvalue weighted by Crippen LogP contribution is 2.33. The fourth-order valence-corrected chi connectivity index (χ4v) is 3.02. The van der Waals surface area contributed by atoms with E-state index in [0.717, 1.165) is 24.9 Å². The van der Waals surface area contributed by atoms with Gasteiger partial charge in [0.2, 0.25) is 0 Å². The van der Waals surface area contributed by atoms with Crippen molar-refractivity contribution in [3.8, 4) is 0 Å². The zero-order chi connectivity index (χ0) is 13.1. The smallest absolute Gasteiger partial charge is 0.171 e. The molecule has 1 aromatic rings. The van der Waals surface area contributed by atoms with Crippen LogP contribution in [0, 0.1) is 0 Å². The van der Waals surface area contributed by atoms with E-state index in [9.17, 15) is 5.11 Å². The lowest BCUT2D eigenvalue weighted by atomic mass is 9.92. The first-order valence-corrected chi connectivity index (χ1v) is 7.02. The van der Waals surface area contributed by atoms with Gasteiger partial charge in [-0.15, -0.1) is 0 Å². The highest BCUT2D eigenvalue weighted by atomic mass is 16.7. The van der Waals surface area contributed by atoms with Gasteiger partial charge >= 0.3 is 0 Å². The number of rotatable bonds is 3. The van der Waals surface area contributed by atoms with Crippen molar-refractivity contribution in [3.63, 3.8) is 0 Å². The topological polar surface area (TPSA) is 50.7 Å². The Labute approximate surface area is 113 Å². The molecular weight excluding hydrogens is 242 g/mol. The van der Waals surface area contributed by atoms with Crippen molar-refractivity contribution in [3.05, 3.63) is 35.9 Å². The summed E-state index contributed by atoms with van der Waals surface area (Å²) >= 11 is 0. The van der Waals surface area contributed by atoms with E-state index in [1.807, 2.05) is 30.3 Å². The van der Waals surface area contributed by atoms with Gasteiger partial charge in [-0.1, -0.05) is 30.3 Å². The minimum Gasteiger partial charge on any atom is -0.388 e. The van der Waals surface area contributed by atoms with Gasteiger partial charge in [0.15, 0.2) is 5.79 Å². The minimum atomic E-state index is -0.435. The van der Waals surface area contributed by atoms with Gasteiger partial charge in [-0.2, -0.15) is 0 Å². The fraction of sp³-hybridized carbons (Fsp3) is 0.600. The van der Waals surface area contributed by atoms with E-state index in [2.05, 4.69) is 5.32 Å². The number of piperidine rings is 1. The Balaban J connectivity index is 1.60. The third kappa shape index (κ3) is 2.98. The summed E-state index contributed by atoms with van der Waals surface area (Å²) in [6, 6.07) is 10.0. The van der Waals surface area contributed by atoms with Crippen LogP contribution < -0.4 is 5.32 Å². The van der Waals surface area contributed by atoms with Gasteiger partial charge in [-0.3, -0.25) is 0 Å². The van der Waals surface area contributed by atoms with Gasteiger partial charge in [0.1, 0.15) is 0 Å². The third-order valence-corrected chi connectivity index (χ3v) is 4.00. The molecule has 2 aliphatic heterocycles. The Kier molecular flexibility index (Phi) is 3.84. The molecule has 0 aliphatic carbocycles. The molecule has 0 bridgehead atoms. The highest BCUT2D eigenvalue weighted by Gasteiger charge is 2.41. The van der Waals surface area contributed by atoms with E-state index in [4.69, 9.17) is 9.47 Å². The largest absolute Gasteiger partial charge is 0.388 e. The van der Waals surface area contributed by atoms with Gasteiger partial charge in [0.05, 0.1) is 19.3 Å². The van der Waals surface area contributed by atoms with E-state index >= 15 is 0 Å². The Hall–Kier alpha value is -0.940. The fourth-order valence-electron chi connectivity index (χ4n) is 3.02. The lowest BCUT2D eigenvalue weighted by molar-refractivity contribution is -0.181. The Bertz CT molecular complexity index is 403. The molecule has 104 valence electrons. The lowest BCUT2D eigenvalue weighted by Crippen LogP contribution is -2.49. The Morgan fingerprint density at radius 3 is 2.74 bits per heavy atom. The maximum absolute atomic E-state index is 10.3. The van der Waals surface area contributed by atoms with E-state index in [1.165, 1.54) is 0 Å². The SMILES string of the molecule is O[C@@H](C[C@H]1CC2(CCN1)OCCO2)c1ccccc1. The number of ether oxygens (including phenoxy) is 2. The standard InChI is InChI=1S/C15H21NO3/c17-14(12-4-2-1-3-5-12)10-13-11-15(6-7-16-13)18-8-9-19-15/h1-5,13-14,16-17H,6-11H2/t13-,14-/m0/s1. The van der Waals surface area contributed by atoms with Gasteiger partial charge < -0.3 is 19.9 Å². The maximum atomic E-state index is 10.3. The van der Waals surface area contributed by atoms with Crippen LogP contribution in [-0.2, 0) is 9.47 Å². The molecule has 0 saturated carbocycles. The van der Waals surface area contributed by atoms with E-state index in [1.54, 1.807) is 0 Å². The van der Waals surface area contributed by atoms with Crippen molar-refractivity contribution in [1.29, 1.82) is 0 Å². The molecule has 2 N–H and O–H groups in total. The number of hydrogen-bond donors (Lipinski definition) is 2. The molecule has 0 radical (unpaired) electrons. The molecule has 0 unspecified atom stereocenters. The Morgan fingerprint density at radius 2 is 2.00 bits per heavy atom. The molecule has 4 heteroatoms. The molecule has 0 amide bonds. The number of aliphatic hydroxyl groups excluding tert-OH is 1. The quantitative estimate of drug-likeness (QED) is 0.870. The van der Waals surface area contributed by atoms with Crippen LogP contribution in [0.2, 0.25) is 0 Å². The summed E-state index contributed by atoms with van der Waals surface area (Å²) in [4.78, 5) is 0. The molecule has 3 rings (SSSR count). The molecule has 4 nitrogen and oxygen atoms in total. The molecular formula is C15H21NO3. The summed E-state index contributed by atoms with van der Waals surface area (Å²) in [6.45, 7) is 2.26. The van der Waals surface area contributed by atoms with Crippen LogP contribution in [0.4, 0.5) is 0 Å². The summed E-state index contributed by atoms with van der Waals surface area (Å²) in [5.74, 6) is -0.397. The molecule has 2 saturated heterocycles. The first-order chi connectivity index (χ1) is 9.27. The minimum absolute atomic E-state index is 0.238. The zero-order valence-corrected chi connectivity index (χ0v) is 11.0. The monoisotopic (exact) mass is 263 g/mol. The van der Waals surface area contributed by atoms with Crippen molar-refractivity contribution in [2.45, 2.75) is 37.2 Å². The average molecular weight is 263 g/mol. The van der Waals surface area contributed by atoms with Crippen molar-refractivity contribution in [2.75, 3.05) is 19.8 Å². The second-order valence-corrected chi connectivity index (χ2v) is 5.37. The van der Waals surface area contributed by atoms with Crippen LogP contribution in [0.15, 0.2) is 30.3 Å². The lowest BCUT2D eigenvalue weighted by Gasteiger charge is -2.37. The summed E-state index contributed by atoms with van der Waals surface area (Å²) in [5.41, 5.74) is 0.970. The van der Waals surface area contributed by atoms with Crippen LogP contribution in [0.5, 0.6) is 0 Å². The normalized spacial score (nSPS) is 27.5. The third-order valence-electron chi connectivity index (χ3n) is 4.00. The Morgan fingerprint density at radius 1 is 1.26 bits per heavy atom. The van der Waals surface area contributed by atoms with Crippen LogP contribution >= 0.6 is 0 Å². The second-order valence-electron chi connectivity index (χ2n) is 5.37. The van der Waals surface area contributed by atoms with Crippen LogP contribution in [0.1, 0.15) is 30.9 Å². The highest BCUT2D eigenvalue weighted by molar-refractivity contribution is 5.17. The predicted octanol–water partition coefficient (Wildman–Crippen LogP) is 1.61. The molecule has 19 heavy (non-hydrogen) atoms.